The Morgan fingerprint density at radius 2 is 1.88 bits per heavy atom. The topological polar surface area (TPSA) is 64.6 Å². The maximum atomic E-state index is 12.4. The second-order valence-corrected chi connectivity index (χ2v) is 6.86. The molecule has 0 spiro atoms. The number of para-hydroxylation sites is 1. The summed E-state index contributed by atoms with van der Waals surface area (Å²) in [5, 5.41) is 2.71. The fourth-order valence-electron chi connectivity index (χ4n) is 2.03. The lowest BCUT2D eigenvalue weighted by Gasteiger charge is -2.17. The minimum atomic E-state index is -0.757. The van der Waals surface area contributed by atoms with Gasteiger partial charge in [-0.25, -0.2) is 4.79 Å². The highest BCUT2D eigenvalue weighted by atomic mass is 79.9. The summed E-state index contributed by atoms with van der Waals surface area (Å²) in [5.74, 6) is -0.307. The largest absolute Gasteiger partial charge is 0.480 e. The van der Waals surface area contributed by atoms with E-state index >= 15 is 0 Å². The number of benzene rings is 2. The van der Waals surface area contributed by atoms with Crippen LogP contribution in [0.1, 0.15) is 24.2 Å². The Labute approximate surface area is 163 Å². The molecular weight excluding hydrogens is 454 g/mol. The van der Waals surface area contributed by atoms with Gasteiger partial charge in [-0.3, -0.25) is 4.79 Å². The van der Waals surface area contributed by atoms with E-state index in [2.05, 4.69) is 37.2 Å². The molecule has 0 radical (unpaired) electrons. The van der Waals surface area contributed by atoms with E-state index in [-0.39, 0.29) is 12.5 Å². The Morgan fingerprint density at radius 3 is 2.56 bits per heavy atom. The van der Waals surface area contributed by atoms with Crippen molar-refractivity contribution >= 4 is 49.4 Å². The number of halogens is 2. The zero-order valence-electron chi connectivity index (χ0n) is 13.7. The lowest BCUT2D eigenvalue weighted by Crippen LogP contribution is -2.31. The van der Waals surface area contributed by atoms with Gasteiger partial charge in [-0.05, 0) is 60.1 Å². The fourth-order valence-corrected chi connectivity index (χ4v) is 3.17. The molecule has 7 heteroatoms. The van der Waals surface area contributed by atoms with Crippen molar-refractivity contribution in [1.82, 2.24) is 0 Å². The number of amides is 1. The van der Waals surface area contributed by atoms with E-state index in [0.717, 1.165) is 8.95 Å². The van der Waals surface area contributed by atoms with Gasteiger partial charge >= 0.3 is 5.97 Å². The van der Waals surface area contributed by atoms with Crippen LogP contribution in [-0.2, 0) is 9.53 Å². The van der Waals surface area contributed by atoms with Crippen LogP contribution in [0.15, 0.2) is 51.4 Å². The molecule has 2 aromatic carbocycles. The van der Waals surface area contributed by atoms with Crippen molar-refractivity contribution in [1.29, 1.82) is 0 Å². The molecule has 25 heavy (non-hydrogen) atoms. The van der Waals surface area contributed by atoms with Crippen molar-refractivity contribution in [3.8, 4) is 5.75 Å². The van der Waals surface area contributed by atoms with Gasteiger partial charge in [0.2, 0.25) is 0 Å². The second kappa shape index (κ2) is 9.01. The minimum absolute atomic E-state index is 0.262. The molecule has 0 fully saturated rings. The normalized spacial score (nSPS) is 11.5. The molecule has 5 nitrogen and oxygen atoms in total. The first-order valence-electron chi connectivity index (χ1n) is 7.61. The standard InChI is InChI=1S/C18H17Br2NO4/c1-3-24-18(23)13-6-4-5-7-15(13)21-17(22)11(2)25-16-9-8-12(19)10-14(16)20/h4-11H,3H2,1-2H3,(H,21,22). The summed E-state index contributed by atoms with van der Waals surface area (Å²) in [6, 6.07) is 12.1. The van der Waals surface area contributed by atoms with Crippen molar-refractivity contribution in [3.63, 3.8) is 0 Å². The van der Waals surface area contributed by atoms with Crippen LogP contribution in [-0.4, -0.2) is 24.6 Å². The number of ether oxygens (including phenoxy) is 2. The zero-order valence-corrected chi connectivity index (χ0v) is 16.9. The van der Waals surface area contributed by atoms with Gasteiger partial charge in [0.25, 0.3) is 5.91 Å². The molecule has 1 amide bonds. The average molecular weight is 471 g/mol. The van der Waals surface area contributed by atoms with Gasteiger partial charge in [0, 0.05) is 4.47 Å². The molecule has 1 atom stereocenters. The predicted molar refractivity (Wildman–Crippen MR) is 103 cm³/mol. The number of rotatable bonds is 6. The van der Waals surface area contributed by atoms with Gasteiger partial charge in [-0.2, -0.15) is 0 Å². The van der Waals surface area contributed by atoms with E-state index in [0.29, 0.717) is 17.0 Å². The number of hydrogen-bond donors (Lipinski definition) is 1. The van der Waals surface area contributed by atoms with Gasteiger partial charge < -0.3 is 14.8 Å². The molecule has 0 heterocycles. The summed E-state index contributed by atoms with van der Waals surface area (Å²) in [6.07, 6.45) is -0.757. The molecule has 2 rings (SSSR count). The zero-order chi connectivity index (χ0) is 18.4. The Kier molecular flexibility index (Phi) is 7.01. The second-order valence-electron chi connectivity index (χ2n) is 5.09. The summed E-state index contributed by atoms with van der Waals surface area (Å²) in [4.78, 5) is 24.4. The van der Waals surface area contributed by atoms with Gasteiger partial charge in [0.05, 0.1) is 22.3 Å². The summed E-state index contributed by atoms with van der Waals surface area (Å²) >= 11 is 6.75. The number of anilines is 1. The monoisotopic (exact) mass is 469 g/mol. The highest BCUT2D eigenvalue weighted by molar-refractivity contribution is 9.11. The van der Waals surface area contributed by atoms with Crippen molar-refractivity contribution < 1.29 is 19.1 Å². The first-order chi connectivity index (χ1) is 11.9. The molecule has 0 saturated carbocycles. The third kappa shape index (κ3) is 5.31. The molecule has 0 aliphatic heterocycles. The van der Waals surface area contributed by atoms with Gasteiger partial charge in [0.15, 0.2) is 6.10 Å². The molecule has 0 bridgehead atoms. The van der Waals surface area contributed by atoms with Crippen LogP contribution in [0, 0.1) is 0 Å². The molecule has 0 aliphatic rings. The van der Waals surface area contributed by atoms with E-state index in [4.69, 9.17) is 9.47 Å². The highest BCUT2D eigenvalue weighted by Gasteiger charge is 2.19. The fraction of sp³-hybridized carbons (Fsp3) is 0.222. The van der Waals surface area contributed by atoms with Crippen LogP contribution in [0.3, 0.4) is 0 Å². The summed E-state index contributed by atoms with van der Waals surface area (Å²) in [7, 11) is 0. The lowest BCUT2D eigenvalue weighted by molar-refractivity contribution is -0.122. The van der Waals surface area contributed by atoms with Crippen LogP contribution < -0.4 is 10.1 Å². The van der Waals surface area contributed by atoms with Gasteiger partial charge in [-0.15, -0.1) is 0 Å². The number of esters is 1. The third-order valence-corrected chi connectivity index (χ3v) is 4.36. The SMILES string of the molecule is CCOC(=O)c1ccccc1NC(=O)C(C)Oc1ccc(Br)cc1Br. The van der Waals surface area contributed by atoms with Crippen LogP contribution in [0.2, 0.25) is 0 Å². The maximum Gasteiger partial charge on any atom is 0.340 e. The van der Waals surface area contributed by atoms with Crippen molar-refractivity contribution in [3.05, 3.63) is 57.0 Å². The Morgan fingerprint density at radius 1 is 1.16 bits per heavy atom. The number of carbonyl (C=O) groups is 2. The molecule has 0 aliphatic carbocycles. The van der Waals surface area contributed by atoms with Gasteiger partial charge in [-0.1, -0.05) is 28.1 Å². The third-order valence-electron chi connectivity index (χ3n) is 3.25. The molecule has 0 aromatic heterocycles. The van der Waals surface area contributed by atoms with Crippen molar-refractivity contribution in [2.24, 2.45) is 0 Å². The molecule has 132 valence electrons. The predicted octanol–water partition coefficient (Wildman–Crippen LogP) is 4.79. The molecule has 1 N–H and O–H groups in total. The van der Waals surface area contributed by atoms with E-state index in [1.807, 2.05) is 12.1 Å². The number of nitrogens with one attached hydrogen (secondary N) is 1. The smallest absolute Gasteiger partial charge is 0.340 e. The first-order valence-corrected chi connectivity index (χ1v) is 9.19. The quantitative estimate of drug-likeness (QED) is 0.616. The lowest BCUT2D eigenvalue weighted by atomic mass is 10.1. The van der Waals surface area contributed by atoms with Crippen LogP contribution in [0.25, 0.3) is 0 Å². The van der Waals surface area contributed by atoms with Crippen molar-refractivity contribution in [2.45, 2.75) is 20.0 Å². The van der Waals surface area contributed by atoms with E-state index in [1.54, 1.807) is 44.2 Å². The Balaban J connectivity index is 2.10. The van der Waals surface area contributed by atoms with Crippen LogP contribution in [0.5, 0.6) is 5.75 Å². The minimum Gasteiger partial charge on any atom is -0.480 e. The average Bonchev–Trinajstić information content (AvgIpc) is 2.58. The number of carbonyl (C=O) groups excluding carboxylic acids is 2. The van der Waals surface area contributed by atoms with Gasteiger partial charge in [0.1, 0.15) is 5.75 Å². The van der Waals surface area contributed by atoms with E-state index in [1.165, 1.54) is 0 Å². The molecule has 1 unspecified atom stereocenters. The van der Waals surface area contributed by atoms with E-state index < -0.39 is 12.1 Å². The summed E-state index contributed by atoms with van der Waals surface area (Å²) < 4.78 is 12.3. The molecule has 0 saturated heterocycles. The first kappa shape index (κ1) is 19.5. The van der Waals surface area contributed by atoms with Crippen molar-refractivity contribution in [2.75, 3.05) is 11.9 Å². The van der Waals surface area contributed by atoms with Crippen LogP contribution in [0.4, 0.5) is 5.69 Å². The maximum absolute atomic E-state index is 12.4. The molecular formula is C18H17Br2NO4. The molecule has 2 aromatic rings. The van der Waals surface area contributed by atoms with E-state index in [9.17, 15) is 9.59 Å². The summed E-state index contributed by atoms with van der Waals surface area (Å²) in [5.41, 5.74) is 0.686. The van der Waals surface area contributed by atoms with Crippen LogP contribution >= 0.6 is 31.9 Å². The number of hydrogen-bond acceptors (Lipinski definition) is 4. The Hall–Kier alpha value is -1.86. The summed E-state index contributed by atoms with van der Waals surface area (Å²) in [6.45, 7) is 3.63. The highest BCUT2D eigenvalue weighted by Crippen LogP contribution is 2.29. The Bertz CT molecular complexity index is 779.